The summed E-state index contributed by atoms with van der Waals surface area (Å²) in [4.78, 5) is 32.9. The molecule has 2 N–H and O–H groups in total. The Morgan fingerprint density at radius 3 is 1.16 bits per heavy atom. The van der Waals surface area contributed by atoms with E-state index in [1.807, 2.05) is 50.5 Å². The number of carbonyl (C=O) groups is 2. The third-order valence-electron chi connectivity index (χ3n) is 15.8. The van der Waals surface area contributed by atoms with Crippen LogP contribution in [-0.2, 0) is 55.3 Å². The molecule has 4 radical (unpaired) electrons. The van der Waals surface area contributed by atoms with E-state index in [2.05, 4.69) is 225 Å². The summed E-state index contributed by atoms with van der Waals surface area (Å²) in [6.07, 6.45) is 7.83. The van der Waals surface area contributed by atoms with Crippen LogP contribution in [-0.4, -0.2) is 168 Å². The number of hydrogen-bond acceptors (Lipinski definition) is 9. The summed E-state index contributed by atoms with van der Waals surface area (Å²) in [5, 5.41) is 6.39. The zero-order chi connectivity index (χ0) is 63.6. The van der Waals surface area contributed by atoms with Crippen LogP contribution in [0, 0.1) is 23.7 Å². The van der Waals surface area contributed by atoms with E-state index in [9.17, 15) is 9.59 Å². The summed E-state index contributed by atoms with van der Waals surface area (Å²) < 4.78 is 13.0. The Kier molecular flexibility index (Phi) is 36.2. The van der Waals surface area contributed by atoms with Crippen molar-refractivity contribution in [3.8, 4) is 22.3 Å². The predicted molar refractivity (Wildman–Crippen MR) is 384 cm³/mol. The lowest BCUT2D eigenvalue weighted by molar-refractivity contribution is -0.903. The first-order chi connectivity index (χ1) is 41.7. The summed E-state index contributed by atoms with van der Waals surface area (Å²) in [5.41, 5.74) is 12.3. The molecule has 10 nitrogen and oxygen atoms in total. The van der Waals surface area contributed by atoms with Crippen molar-refractivity contribution in [3.05, 3.63) is 191 Å². The fourth-order valence-electron chi connectivity index (χ4n) is 10.7. The van der Waals surface area contributed by atoms with Crippen LogP contribution < -0.4 is 10.6 Å². The van der Waals surface area contributed by atoms with Crippen LogP contribution in [0.4, 0.5) is 0 Å². The average Bonchev–Trinajstić information content (AvgIpc) is 3.58. The molecule has 0 fully saturated rings. The van der Waals surface area contributed by atoms with Crippen molar-refractivity contribution in [1.29, 1.82) is 0 Å². The van der Waals surface area contributed by atoms with Gasteiger partial charge in [-0.1, -0.05) is 194 Å². The van der Waals surface area contributed by atoms with Gasteiger partial charge in [0.1, 0.15) is 6.54 Å². The third kappa shape index (κ3) is 30.9. The number of benzene rings is 6. The highest BCUT2D eigenvalue weighted by Gasteiger charge is 2.29. The lowest BCUT2D eigenvalue weighted by Gasteiger charge is -2.31. The molecule has 6 atom stereocenters. The zero-order valence-corrected chi connectivity index (χ0v) is 58.8. The molecular formula is C72H104B2IN6O4P2+. The highest BCUT2D eigenvalue weighted by atomic mass is 127. The minimum atomic E-state index is -1.23. The Labute approximate surface area is 545 Å². The number of carbonyl (C=O) groups excluding carboxylic acids is 2. The lowest BCUT2D eigenvalue weighted by atomic mass is 9.84. The zero-order valence-electron chi connectivity index (χ0n) is 54.9. The first kappa shape index (κ1) is 75.2. The Bertz CT molecular complexity index is 2780. The molecule has 0 amide bonds. The highest BCUT2D eigenvalue weighted by molar-refractivity contribution is 14.1. The van der Waals surface area contributed by atoms with E-state index < -0.39 is 16.1 Å². The first-order valence-electron chi connectivity index (χ1n) is 31.2. The van der Waals surface area contributed by atoms with Crippen molar-refractivity contribution < 1.29 is 23.1 Å². The van der Waals surface area contributed by atoms with Gasteiger partial charge in [0, 0.05) is 39.0 Å². The van der Waals surface area contributed by atoms with Crippen molar-refractivity contribution in [3.63, 3.8) is 0 Å². The van der Waals surface area contributed by atoms with Crippen molar-refractivity contribution in [2.45, 2.75) is 76.2 Å². The molecule has 15 heteroatoms. The summed E-state index contributed by atoms with van der Waals surface area (Å²) in [6.45, 7) is 18.1. The van der Waals surface area contributed by atoms with Crippen LogP contribution in [0.25, 0.3) is 22.3 Å². The first-order valence-corrected chi connectivity index (χ1v) is 36.3. The summed E-state index contributed by atoms with van der Waals surface area (Å²) in [7, 11) is 26.6. The largest absolute Gasteiger partial charge is 0.457 e. The molecule has 87 heavy (non-hydrogen) atoms. The number of rotatable bonds is 35. The van der Waals surface area contributed by atoms with Crippen LogP contribution in [0.2, 0.25) is 0 Å². The minimum absolute atomic E-state index is 0.119. The molecule has 0 aromatic heterocycles. The Morgan fingerprint density at radius 2 is 0.816 bits per heavy atom. The molecule has 0 heterocycles. The van der Waals surface area contributed by atoms with Gasteiger partial charge in [0.15, 0.2) is 15.1 Å². The van der Waals surface area contributed by atoms with E-state index in [-0.39, 0.29) is 35.6 Å². The molecule has 0 aliphatic rings. The normalized spacial score (nSPS) is 13.6. The molecule has 6 rings (SSSR count). The molecular weight excluding hydrogens is 1220 g/mol. The molecule has 6 aromatic carbocycles. The van der Waals surface area contributed by atoms with E-state index in [1.165, 1.54) is 89.8 Å². The maximum absolute atomic E-state index is 13.0. The van der Waals surface area contributed by atoms with Crippen molar-refractivity contribution in [2.24, 2.45) is 23.7 Å². The van der Waals surface area contributed by atoms with Gasteiger partial charge in [0.05, 0.1) is 32.5 Å². The second-order valence-corrected chi connectivity index (χ2v) is 28.0. The van der Waals surface area contributed by atoms with Gasteiger partial charge in [-0.15, -0.1) is 0 Å². The van der Waals surface area contributed by atoms with Gasteiger partial charge >= 0.3 is 11.9 Å². The number of halogens is 1. The van der Waals surface area contributed by atoms with Crippen LogP contribution in [0.3, 0.4) is 0 Å². The van der Waals surface area contributed by atoms with Gasteiger partial charge in [-0.25, -0.2) is 0 Å². The molecule has 0 bridgehead atoms. The number of hydrogen-bond donors (Lipinski definition) is 2. The summed E-state index contributed by atoms with van der Waals surface area (Å²) in [5.74, 6) is -0.603. The molecule has 0 saturated carbocycles. The van der Waals surface area contributed by atoms with Crippen LogP contribution >= 0.6 is 38.6 Å². The van der Waals surface area contributed by atoms with Crippen LogP contribution in [0.1, 0.15) is 72.9 Å². The second-order valence-electron chi connectivity index (χ2n) is 24.6. The monoisotopic (exact) mass is 1330 g/mol. The van der Waals surface area contributed by atoms with E-state index in [0.29, 0.717) is 12.8 Å². The quantitative estimate of drug-likeness (QED) is 0.0101. The van der Waals surface area contributed by atoms with Gasteiger partial charge in [-0.05, 0) is 202 Å². The molecule has 0 saturated heterocycles. The number of nitrogens with zero attached hydrogens (tertiary/aromatic N) is 4. The van der Waals surface area contributed by atoms with E-state index in [1.54, 1.807) is 13.3 Å². The molecule has 2 unspecified atom stereocenters. The predicted octanol–water partition coefficient (Wildman–Crippen LogP) is 14.0. The van der Waals surface area contributed by atoms with Crippen molar-refractivity contribution in [1.82, 2.24) is 25.3 Å². The smallest absolute Gasteiger partial charge is 0.311 e. The maximum atomic E-state index is 13.0. The Morgan fingerprint density at radius 1 is 0.483 bits per heavy atom. The summed E-state index contributed by atoms with van der Waals surface area (Å²) in [6, 6.07) is 55.4. The molecule has 468 valence electrons. The van der Waals surface area contributed by atoms with E-state index in [4.69, 9.17) is 24.2 Å². The SMILES string of the molecule is CNCCCN(C)CCCN(C)C.[B]P(C)OC(=O)[C@@H](Cc1ccccc1)[C@@H](C)Cc1ccc(-c2ccc(CI)cc2)cc1.[B]P(C)OC(=O)[C@@H](Cc1ccccc1)[C@@H](C)Cc1ccc(-c2ccc(C[N+](C)(C)CCCN(C)CCCNC)cc2)cc1. The third-order valence-corrected chi connectivity index (χ3v) is 17.6. The average molecular weight is 1330 g/mol. The van der Waals surface area contributed by atoms with Crippen molar-refractivity contribution in [2.75, 3.05) is 122 Å². The lowest BCUT2D eigenvalue weighted by Crippen LogP contribution is -2.40. The minimum Gasteiger partial charge on any atom is -0.457 e. The Balaban J connectivity index is 0.000000319. The van der Waals surface area contributed by atoms with E-state index >= 15 is 0 Å². The topological polar surface area (TPSA) is 86.4 Å². The molecule has 0 spiro atoms. The number of nitrogens with one attached hydrogen (secondary N) is 2. The van der Waals surface area contributed by atoms with Gasteiger partial charge < -0.3 is 38.9 Å². The molecule has 0 aliphatic carbocycles. The number of quaternary nitrogens is 1. The van der Waals surface area contributed by atoms with Gasteiger partial charge in [-0.3, -0.25) is 9.59 Å². The summed E-state index contributed by atoms with van der Waals surface area (Å²) >= 11 is 2.38. The van der Waals surface area contributed by atoms with Crippen molar-refractivity contribution >= 4 is 65.7 Å². The highest BCUT2D eigenvalue weighted by Crippen LogP contribution is 2.33. The van der Waals surface area contributed by atoms with Gasteiger partial charge in [0.25, 0.3) is 0 Å². The fraction of sp³-hybridized carbons (Fsp3) is 0.472. The second kappa shape index (κ2) is 41.9. The van der Waals surface area contributed by atoms with Gasteiger partial charge in [0.2, 0.25) is 0 Å². The van der Waals surface area contributed by atoms with Crippen LogP contribution in [0.15, 0.2) is 158 Å². The van der Waals surface area contributed by atoms with E-state index in [0.717, 1.165) is 72.1 Å². The van der Waals surface area contributed by atoms with Crippen LogP contribution in [0.5, 0.6) is 0 Å². The Hall–Kier alpha value is -4.26. The van der Waals surface area contributed by atoms with Gasteiger partial charge in [-0.2, -0.15) is 0 Å². The fourth-order valence-corrected chi connectivity index (χ4v) is 12.1. The molecule has 0 aliphatic heterocycles. The standard InChI is InChI=1S/C36H52BN3O2P.C26H27BIO2P.C10H25N3/c1-29(35(36(41)42-43(6)37)27-30-12-8-7-9-13-30)26-31-14-18-33(19-15-31)34-20-16-32(17-21-34)28-40(4,5)25-11-24-39(3)23-10-22-38-2;1-19(25(26(29)30-31(2)27)17-20-6-4-3-5-7-20)16-21-8-12-23(13-9-21)24-14-10-22(18-28)11-15-24;1-11-7-5-9-13(4)10-6-8-12(2)3/h7-9,12-21,29,35,38H,10-11,22-28H2,1-6H3;3-15,19,25H,16-18H2,1-2H3;11H,5-10H2,1-4H3/q+1;;/t29-,35-,43?;19-,25-,31?;/m00./s1. The maximum Gasteiger partial charge on any atom is 0.311 e. The molecule has 6 aromatic rings. The number of alkyl halides is 1.